The van der Waals surface area contributed by atoms with Crippen molar-refractivity contribution < 1.29 is 4.74 Å². The molecule has 0 bridgehead atoms. The highest BCUT2D eigenvalue weighted by atomic mass is 16.5. The number of aromatic nitrogens is 1. The highest BCUT2D eigenvalue weighted by Gasteiger charge is 2.15. The number of nitrogens with one attached hydrogen (secondary N) is 1. The lowest BCUT2D eigenvalue weighted by Gasteiger charge is -2.17. The first kappa shape index (κ1) is 20.5. The smallest absolute Gasteiger partial charge is 0.176 e. The molecule has 0 aliphatic heterocycles. The number of rotatable bonds is 6. The molecule has 4 aromatic rings. The minimum atomic E-state index is 0.0513. The van der Waals surface area contributed by atoms with Crippen molar-refractivity contribution >= 4 is 27.6 Å². The minimum absolute atomic E-state index is 0.0513. The second-order valence-corrected chi connectivity index (χ2v) is 7.99. The van der Waals surface area contributed by atoms with Crippen molar-refractivity contribution in [3.63, 3.8) is 0 Å². The van der Waals surface area contributed by atoms with Crippen LogP contribution in [0, 0.1) is 17.5 Å². The Morgan fingerprint density at radius 1 is 1.03 bits per heavy atom. The molecule has 6 nitrogen and oxygen atoms in total. The topological polar surface area (TPSA) is 88.8 Å². The van der Waals surface area contributed by atoms with Gasteiger partial charge in [-0.1, -0.05) is 41.6 Å². The van der Waals surface area contributed by atoms with E-state index in [2.05, 4.69) is 57.4 Å². The van der Waals surface area contributed by atoms with Crippen molar-refractivity contribution in [1.82, 2.24) is 4.57 Å². The molecule has 1 aliphatic rings. The minimum Gasteiger partial charge on any atom is -0.493 e. The van der Waals surface area contributed by atoms with Crippen LogP contribution < -0.4 is 5.84 Å². The second-order valence-electron chi connectivity index (χ2n) is 7.99. The SMILES string of the molecule is N=C(N=NN)c1ccc2c(c1)c1ccccc1n2CC1=CC=C(OCc2cc#ccc2)CC1. The number of nitrogens with two attached hydrogens (primary N) is 1. The van der Waals surface area contributed by atoms with Crippen LogP contribution in [0.15, 0.2) is 94.5 Å². The van der Waals surface area contributed by atoms with E-state index in [-0.39, 0.29) is 5.84 Å². The fraction of sp³-hybridized carbons (Fsp3) is 0.148. The Morgan fingerprint density at radius 2 is 1.91 bits per heavy atom. The van der Waals surface area contributed by atoms with Crippen LogP contribution in [0.4, 0.5) is 0 Å². The van der Waals surface area contributed by atoms with Crippen molar-refractivity contribution in [2.24, 2.45) is 16.2 Å². The van der Waals surface area contributed by atoms with E-state index in [1.165, 1.54) is 11.1 Å². The number of benzene rings is 2. The van der Waals surface area contributed by atoms with Crippen LogP contribution in [0.2, 0.25) is 0 Å². The number of ether oxygens (including phenoxy) is 1. The van der Waals surface area contributed by atoms with Gasteiger partial charge in [0.2, 0.25) is 0 Å². The molecule has 0 radical (unpaired) electrons. The summed E-state index contributed by atoms with van der Waals surface area (Å²) in [6.07, 6.45) is 6.10. The summed E-state index contributed by atoms with van der Waals surface area (Å²) in [6, 6.07) is 25.9. The molecule has 0 amide bonds. The van der Waals surface area contributed by atoms with Crippen LogP contribution >= 0.6 is 0 Å². The molecule has 0 fully saturated rings. The molecule has 1 aliphatic carbocycles. The zero-order valence-corrected chi connectivity index (χ0v) is 18.1. The van der Waals surface area contributed by atoms with E-state index in [4.69, 9.17) is 16.0 Å². The Labute approximate surface area is 192 Å². The van der Waals surface area contributed by atoms with Crippen LogP contribution in [0.1, 0.15) is 24.0 Å². The van der Waals surface area contributed by atoms with Gasteiger partial charge in [0.25, 0.3) is 0 Å². The van der Waals surface area contributed by atoms with Gasteiger partial charge in [0, 0.05) is 40.3 Å². The number of amidine groups is 1. The average molecular weight is 434 g/mol. The summed E-state index contributed by atoms with van der Waals surface area (Å²) in [6.45, 7) is 1.35. The Kier molecular flexibility index (Phi) is 5.61. The summed E-state index contributed by atoms with van der Waals surface area (Å²) in [4.78, 5) is 0. The normalized spacial score (nSPS) is 13.7. The largest absolute Gasteiger partial charge is 0.493 e. The first-order chi connectivity index (χ1) is 16.2. The molecular formula is C27H23N5O. The summed E-state index contributed by atoms with van der Waals surface area (Å²) >= 11 is 0. The van der Waals surface area contributed by atoms with E-state index in [0.29, 0.717) is 12.2 Å². The maximum absolute atomic E-state index is 8.06. The van der Waals surface area contributed by atoms with Crippen LogP contribution in [-0.2, 0) is 17.9 Å². The molecule has 0 saturated heterocycles. The Bertz CT molecular complexity index is 1410. The molecule has 0 spiro atoms. The fourth-order valence-electron chi connectivity index (χ4n) is 4.25. The van der Waals surface area contributed by atoms with E-state index in [1.54, 1.807) is 0 Å². The van der Waals surface area contributed by atoms with Crippen molar-refractivity contribution in [2.75, 3.05) is 0 Å². The Hall–Kier alpha value is -4.37. The van der Waals surface area contributed by atoms with Crippen molar-refractivity contribution in [2.45, 2.75) is 26.0 Å². The predicted octanol–water partition coefficient (Wildman–Crippen LogP) is 5.87. The summed E-state index contributed by atoms with van der Waals surface area (Å²) in [5.41, 5.74) is 5.42. The maximum atomic E-state index is 8.06. The predicted molar refractivity (Wildman–Crippen MR) is 130 cm³/mol. The quantitative estimate of drug-likeness (QED) is 0.131. The van der Waals surface area contributed by atoms with Gasteiger partial charge in [0.05, 0.1) is 5.76 Å². The van der Waals surface area contributed by atoms with E-state index in [0.717, 1.165) is 47.0 Å². The lowest BCUT2D eigenvalue weighted by atomic mass is 10.0. The first-order valence-corrected chi connectivity index (χ1v) is 10.8. The molecule has 3 N–H and O–H groups in total. The van der Waals surface area contributed by atoms with Gasteiger partial charge in [-0.25, -0.2) is 0 Å². The highest BCUT2D eigenvalue weighted by Crippen LogP contribution is 2.32. The van der Waals surface area contributed by atoms with Crippen LogP contribution in [-0.4, -0.2) is 10.4 Å². The van der Waals surface area contributed by atoms with Gasteiger partial charge in [-0.15, -0.1) is 5.11 Å². The standard InChI is InChI=1S/C27H23N5O/c28-27(30-31-29)21-12-15-26-24(16-21)23-8-4-5-9-25(23)32(26)17-19-10-13-22(14-11-19)33-18-20-6-2-1-3-7-20/h2,4-10,12-13,15-16H,11,14,17-18H2,(H3,28,29,30). The summed E-state index contributed by atoms with van der Waals surface area (Å²) < 4.78 is 8.32. The number of fused-ring (bicyclic) bond motifs is 3. The average Bonchev–Trinajstić information content (AvgIpc) is 3.17. The van der Waals surface area contributed by atoms with Gasteiger partial charge in [0.15, 0.2) is 5.84 Å². The van der Waals surface area contributed by atoms with Crippen molar-refractivity contribution in [3.05, 3.63) is 107 Å². The van der Waals surface area contributed by atoms with Crippen molar-refractivity contribution in [1.29, 1.82) is 5.41 Å². The molecule has 6 heteroatoms. The van der Waals surface area contributed by atoms with Gasteiger partial charge < -0.3 is 15.1 Å². The fourth-order valence-corrected chi connectivity index (χ4v) is 4.25. The molecule has 33 heavy (non-hydrogen) atoms. The zero-order valence-electron chi connectivity index (χ0n) is 18.1. The monoisotopic (exact) mass is 433 g/mol. The molecule has 5 rings (SSSR count). The van der Waals surface area contributed by atoms with Gasteiger partial charge in [-0.3, -0.25) is 5.41 Å². The molecule has 162 valence electrons. The van der Waals surface area contributed by atoms with Gasteiger partial charge >= 0.3 is 0 Å². The first-order valence-electron chi connectivity index (χ1n) is 10.8. The number of allylic oxidation sites excluding steroid dienone is 4. The number of hydrogen-bond donors (Lipinski definition) is 2. The molecule has 1 heterocycles. The molecule has 0 unspecified atom stereocenters. The number of hydrogen-bond acceptors (Lipinski definition) is 3. The van der Waals surface area contributed by atoms with Crippen LogP contribution in [0.3, 0.4) is 0 Å². The van der Waals surface area contributed by atoms with E-state index < -0.39 is 0 Å². The summed E-state index contributed by atoms with van der Waals surface area (Å²) in [5.74, 6) is 6.18. The summed E-state index contributed by atoms with van der Waals surface area (Å²) in [5, 5.41) is 17.2. The van der Waals surface area contributed by atoms with E-state index in [1.807, 2.05) is 42.5 Å². The summed E-state index contributed by atoms with van der Waals surface area (Å²) in [7, 11) is 0. The van der Waals surface area contributed by atoms with Gasteiger partial charge in [-0.2, -0.15) is 0 Å². The number of para-hydroxylation sites is 1. The van der Waals surface area contributed by atoms with E-state index >= 15 is 0 Å². The Morgan fingerprint density at radius 3 is 2.70 bits per heavy atom. The molecule has 0 saturated carbocycles. The molecule has 1 aromatic heterocycles. The van der Waals surface area contributed by atoms with Crippen molar-refractivity contribution in [3.8, 4) is 0 Å². The van der Waals surface area contributed by atoms with E-state index in [9.17, 15) is 0 Å². The third-order valence-corrected chi connectivity index (χ3v) is 5.91. The highest BCUT2D eigenvalue weighted by molar-refractivity contribution is 6.11. The third kappa shape index (κ3) is 4.21. The number of nitrogens with zero attached hydrogens (tertiary/aromatic N) is 3. The van der Waals surface area contributed by atoms with Crippen LogP contribution in [0.5, 0.6) is 0 Å². The molecular weight excluding hydrogens is 410 g/mol. The Balaban J connectivity index is 1.42. The molecule has 0 atom stereocenters. The third-order valence-electron chi connectivity index (χ3n) is 5.91. The van der Waals surface area contributed by atoms with Gasteiger partial charge in [-0.05, 0) is 66.1 Å². The maximum Gasteiger partial charge on any atom is 0.176 e. The van der Waals surface area contributed by atoms with Gasteiger partial charge in [0.1, 0.15) is 6.61 Å². The lowest BCUT2D eigenvalue weighted by molar-refractivity contribution is 0.188. The second kappa shape index (κ2) is 9.01. The van der Waals surface area contributed by atoms with Crippen LogP contribution in [0.25, 0.3) is 21.8 Å². The zero-order chi connectivity index (χ0) is 22.6. The lowest BCUT2D eigenvalue weighted by Crippen LogP contribution is -2.05. The molecule has 3 aromatic carbocycles.